The van der Waals surface area contributed by atoms with Crippen LogP contribution in [-0.4, -0.2) is 30.4 Å². The lowest BCUT2D eigenvalue weighted by Gasteiger charge is -1.79. The molecule has 0 saturated heterocycles. The number of nitrogens with zero attached hydrogens (tertiary/aromatic N) is 5. The number of nitrogens with one attached hydrogen (secondary N) is 1. The van der Waals surface area contributed by atoms with E-state index in [0.29, 0.717) is 0 Å². The molecule has 19 heavy (non-hydrogen) atoms. The smallest absolute Gasteiger partial charge is 0.138 e. The van der Waals surface area contributed by atoms with E-state index in [1.807, 2.05) is 0 Å². The van der Waals surface area contributed by atoms with Crippen molar-refractivity contribution in [2.24, 2.45) is 11.8 Å². The zero-order valence-corrected chi connectivity index (χ0v) is 12.8. The quantitative estimate of drug-likeness (QED) is 0.792. The fraction of sp³-hybridized carbons (Fsp3) is 0.615. The Labute approximate surface area is 116 Å². The highest BCUT2D eigenvalue weighted by Crippen LogP contribution is 1.81. The van der Waals surface area contributed by atoms with Crippen molar-refractivity contribution in [3.05, 3.63) is 31.4 Å². The highest BCUT2D eigenvalue weighted by atomic mass is 15.2. The molecule has 0 radical (unpaired) electrons. The second-order valence-corrected chi connectivity index (χ2v) is 4.91. The highest BCUT2D eigenvalue weighted by molar-refractivity contribution is 4.59. The molecule has 0 fully saturated rings. The Hall–Kier alpha value is -1.85. The molecular weight excluding hydrogens is 240 g/mol. The van der Waals surface area contributed by atoms with E-state index in [4.69, 9.17) is 0 Å². The molecule has 0 spiro atoms. The van der Waals surface area contributed by atoms with E-state index in [2.05, 4.69) is 71.9 Å². The van der Waals surface area contributed by atoms with Crippen molar-refractivity contribution in [2.45, 2.75) is 41.5 Å². The zero-order valence-electron chi connectivity index (χ0n) is 12.8. The van der Waals surface area contributed by atoms with E-state index in [9.17, 15) is 0 Å². The highest BCUT2D eigenvalue weighted by Gasteiger charge is 1.68. The van der Waals surface area contributed by atoms with Crippen LogP contribution in [0.2, 0.25) is 0 Å². The van der Waals surface area contributed by atoms with Crippen LogP contribution in [0.25, 0.3) is 0 Å². The summed E-state index contributed by atoms with van der Waals surface area (Å²) in [5.41, 5.74) is 0. The van der Waals surface area contributed by atoms with E-state index in [-0.39, 0.29) is 0 Å². The van der Waals surface area contributed by atoms with E-state index in [0.717, 1.165) is 11.8 Å². The van der Waals surface area contributed by atoms with Crippen molar-refractivity contribution in [1.82, 2.24) is 30.4 Å². The van der Waals surface area contributed by atoms with Gasteiger partial charge in [-0.05, 0) is 11.8 Å². The van der Waals surface area contributed by atoms with Crippen LogP contribution < -0.4 is 0 Å². The first-order valence-corrected chi connectivity index (χ1v) is 6.32. The monoisotopic (exact) mass is 266 g/mol. The molecule has 0 aromatic carbocycles. The number of aromatic nitrogens is 6. The number of H-pyrrole nitrogens is 1. The molecule has 2 heterocycles. The third-order valence-electron chi connectivity index (χ3n) is 0.736. The summed E-state index contributed by atoms with van der Waals surface area (Å²) in [6, 6.07) is 0. The van der Waals surface area contributed by atoms with Gasteiger partial charge in [-0.15, -0.1) is 5.10 Å². The van der Waals surface area contributed by atoms with Gasteiger partial charge in [0.25, 0.3) is 0 Å². The van der Waals surface area contributed by atoms with Crippen molar-refractivity contribution in [2.75, 3.05) is 0 Å². The number of hydrogen-bond acceptors (Lipinski definition) is 5. The van der Waals surface area contributed by atoms with Crippen LogP contribution in [0.5, 0.6) is 0 Å². The summed E-state index contributed by atoms with van der Waals surface area (Å²) in [7, 11) is 0. The molecule has 6 nitrogen and oxygen atoms in total. The third-order valence-corrected chi connectivity index (χ3v) is 0.736. The first-order chi connectivity index (χ1) is 8.96. The van der Waals surface area contributed by atoms with Crippen molar-refractivity contribution in [3.63, 3.8) is 0 Å². The van der Waals surface area contributed by atoms with Crippen LogP contribution in [0.3, 0.4) is 0 Å². The summed E-state index contributed by atoms with van der Waals surface area (Å²) in [5, 5.41) is 12.9. The van der Waals surface area contributed by atoms with Gasteiger partial charge in [0.05, 0.1) is 6.20 Å². The third kappa shape index (κ3) is 38.6. The molecule has 108 valence electrons. The lowest BCUT2D eigenvalue weighted by molar-refractivity contribution is 0.736. The number of hydrogen-bond donors (Lipinski definition) is 1. The van der Waals surface area contributed by atoms with Crippen molar-refractivity contribution in [3.8, 4) is 0 Å². The van der Waals surface area contributed by atoms with Crippen molar-refractivity contribution >= 4 is 0 Å². The molecule has 0 aliphatic carbocycles. The van der Waals surface area contributed by atoms with Gasteiger partial charge in [0.2, 0.25) is 0 Å². The lowest BCUT2D eigenvalue weighted by atomic mass is 10.3. The van der Waals surface area contributed by atoms with Crippen LogP contribution in [0.1, 0.15) is 41.5 Å². The molecule has 6 heteroatoms. The van der Waals surface area contributed by atoms with Crippen molar-refractivity contribution in [1.29, 1.82) is 0 Å². The second-order valence-electron chi connectivity index (χ2n) is 4.91. The lowest BCUT2D eigenvalue weighted by Crippen LogP contribution is -1.75. The van der Waals surface area contributed by atoms with Gasteiger partial charge in [-0.25, -0.2) is 9.97 Å². The minimum absolute atomic E-state index is 0.833. The Morgan fingerprint density at radius 2 is 1.32 bits per heavy atom. The molecule has 0 aliphatic rings. The van der Waals surface area contributed by atoms with E-state index < -0.39 is 0 Å². The van der Waals surface area contributed by atoms with Gasteiger partial charge < -0.3 is 0 Å². The summed E-state index contributed by atoms with van der Waals surface area (Å²) < 4.78 is 0. The zero-order chi connectivity index (χ0) is 14.9. The Balaban J connectivity index is 0. The maximum Gasteiger partial charge on any atom is 0.138 e. The first-order valence-electron chi connectivity index (χ1n) is 6.32. The number of rotatable bonds is 0. The maximum absolute atomic E-state index is 3.61. The minimum Gasteiger partial charge on any atom is -0.266 e. The van der Waals surface area contributed by atoms with Crippen LogP contribution in [0.4, 0.5) is 0 Å². The van der Waals surface area contributed by atoms with Crippen molar-refractivity contribution < 1.29 is 0 Å². The predicted octanol–water partition coefficient (Wildman–Crippen LogP) is 3.00. The molecule has 0 aliphatic heterocycles. The van der Waals surface area contributed by atoms with Crippen LogP contribution in [0.15, 0.2) is 31.4 Å². The normalized spacial score (nSPS) is 8.42. The molecule has 0 unspecified atom stereocenters. The van der Waals surface area contributed by atoms with Gasteiger partial charge in [-0.1, -0.05) is 41.5 Å². The maximum atomic E-state index is 3.61. The molecule has 0 saturated carbocycles. The minimum atomic E-state index is 0.833. The molecule has 1 N–H and O–H groups in total. The molecule has 0 atom stereocenters. The summed E-state index contributed by atoms with van der Waals surface area (Å²) >= 11 is 0. The van der Waals surface area contributed by atoms with Gasteiger partial charge in [-0.2, -0.15) is 10.2 Å². The molecule has 2 aromatic rings. The average Bonchev–Trinajstić information content (AvgIpc) is 2.88. The predicted molar refractivity (Wildman–Crippen MR) is 77.2 cm³/mol. The fourth-order valence-corrected chi connectivity index (χ4v) is 0.372. The topological polar surface area (TPSA) is 80.2 Å². The summed E-state index contributed by atoms with van der Waals surface area (Å²) in [5.74, 6) is 1.67. The molecule has 0 bridgehead atoms. The van der Waals surface area contributed by atoms with Crippen LogP contribution in [-0.2, 0) is 0 Å². The molecular formula is C13H26N6. The molecule has 2 aromatic heterocycles. The average molecular weight is 266 g/mol. The van der Waals surface area contributed by atoms with Gasteiger partial charge in [0, 0.05) is 6.20 Å². The first kappa shape index (κ1) is 19.5. The summed E-state index contributed by atoms with van der Waals surface area (Å²) in [6.07, 6.45) is 7.45. The summed E-state index contributed by atoms with van der Waals surface area (Å²) in [6.45, 7) is 13.0. The van der Waals surface area contributed by atoms with Gasteiger partial charge in [0.1, 0.15) is 19.0 Å². The van der Waals surface area contributed by atoms with Crippen LogP contribution >= 0.6 is 0 Å². The van der Waals surface area contributed by atoms with E-state index in [1.54, 1.807) is 6.20 Å². The number of aromatic amines is 1. The van der Waals surface area contributed by atoms with Gasteiger partial charge in [-0.3, -0.25) is 5.10 Å². The fourth-order valence-electron chi connectivity index (χ4n) is 0.372. The summed E-state index contributed by atoms with van der Waals surface area (Å²) in [4.78, 5) is 7.17. The van der Waals surface area contributed by atoms with E-state index >= 15 is 0 Å². The van der Waals surface area contributed by atoms with Gasteiger partial charge >= 0.3 is 0 Å². The molecule has 0 amide bonds. The van der Waals surface area contributed by atoms with Gasteiger partial charge in [0.15, 0.2) is 0 Å². The largest absolute Gasteiger partial charge is 0.266 e. The Morgan fingerprint density at radius 3 is 1.42 bits per heavy atom. The Bertz CT molecular complexity index is 265. The van der Waals surface area contributed by atoms with Crippen LogP contribution in [0, 0.1) is 11.8 Å². The second kappa shape index (κ2) is 16.1. The van der Waals surface area contributed by atoms with E-state index in [1.165, 1.54) is 25.2 Å². The SMILES string of the molecule is CC(C)C.CC(C)C.c1cnncn1.c1nc[nH]n1. The Morgan fingerprint density at radius 1 is 0.737 bits per heavy atom. The Kier molecular flexibility index (Phi) is 16.6. The molecule has 2 rings (SSSR count). The standard InChI is InChI=1S/2C4H10.C3H3N3.C2H3N3/c2*1-4(2)3;1-2-5-6-3-4-1;1-3-2-5-4-1/h2*4H,1-3H3;1-3H;1-2H,(H,3,4,5).